The van der Waals surface area contributed by atoms with Gasteiger partial charge in [-0.15, -0.1) is 0 Å². The van der Waals surface area contributed by atoms with Gasteiger partial charge in [0.25, 0.3) is 0 Å². The average molecular weight is 265 g/mol. The molecule has 1 amide bonds. The fourth-order valence-corrected chi connectivity index (χ4v) is 2.59. The summed E-state index contributed by atoms with van der Waals surface area (Å²) in [5, 5.41) is 9.87. The summed E-state index contributed by atoms with van der Waals surface area (Å²) in [6.07, 6.45) is 1.92. The minimum atomic E-state index is 0.00919. The van der Waals surface area contributed by atoms with Crippen LogP contribution in [0.1, 0.15) is 31.2 Å². The third-order valence-electron chi connectivity index (χ3n) is 3.79. The summed E-state index contributed by atoms with van der Waals surface area (Å²) in [5.74, 6) is 0.00919. The van der Waals surface area contributed by atoms with Crippen molar-refractivity contribution in [1.29, 1.82) is 0 Å². The van der Waals surface area contributed by atoms with Crippen molar-refractivity contribution in [2.75, 3.05) is 18.4 Å². The summed E-state index contributed by atoms with van der Waals surface area (Å²) in [5.41, 5.74) is 8.43. The van der Waals surface area contributed by atoms with Crippen LogP contribution in [-0.4, -0.2) is 46.2 Å². The van der Waals surface area contributed by atoms with E-state index in [2.05, 4.69) is 27.3 Å². The number of aryl methyl sites for hydroxylation is 2. The molecule has 4 N–H and O–H groups in total. The molecule has 2 unspecified atom stereocenters. The van der Waals surface area contributed by atoms with E-state index in [-0.39, 0.29) is 11.9 Å². The number of aromatic amines is 1. The summed E-state index contributed by atoms with van der Waals surface area (Å²) < 4.78 is 0. The van der Waals surface area contributed by atoms with Gasteiger partial charge in [-0.05, 0) is 33.6 Å². The minimum absolute atomic E-state index is 0.00919. The molecule has 2 heterocycles. The van der Waals surface area contributed by atoms with Crippen molar-refractivity contribution in [2.24, 2.45) is 5.73 Å². The number of carbonyl (C=O) groups is 1. The summed E-state index contributed by atoms with van der Waals surface area (Å²) in [6, 6.07) is 0.633. The lowest BCUT2D eigenvalue weighted by Gasteiger charge is -2.35. The van der Waals surface area contributed by atoms with Crippen LogP contribution in [0.25, 0.3) is 0 Å². The Hall–Kier alpha value is -1.40. The zero-order chi connectivity index (χ0) is 14.0. The van der Waals surface area contributed by atoms with Gasteiger partial charge >= 0.3 is 0 Å². The number of hydrogen-bond donors (Lipinski definition) is 3. The highest BCUT2D eigenvalue weighted by Gasteiger charge is 2.25. The molecular formula is C13H23N5O. The predicted molar refractivity (Wildman–Crippen MR) is 74.9 cm³/mol. The van der Waals surface area contributed by atoms with Gasteiger partial charge in [0, 0.05) is 18.6 Å². The van der Waals surface area contributed by atoms with Crippen LogP contribution in [0.2, 0.25) is 0 Å². The smallest absolute Gasteiger partial charge is 0.238 e. The standard InChI is InChI=1S/C13H23N5O/c1-8-6-11(14)4-5-18(8)7-12(19)15-13-9(2)16-17-10(13)3/h8,11H,4-7,14H2,1-3H3,(H,15,19)(H,16,17). The van der Waals surface area contributed by atoms with Crippen molar-refractivity contribution < 1.29 is 4.79 Å². The Morgan fingerprint density at radius 1 is 1.58 bits per heavy atom. The topological polar surface area (TPSA) is 87.0 Å². The third kappa shape index (κ3) is 3.33. The molecule has 0 aromatic carbocycles. The molecule has 2 rings (SSSR count). The molecule has 1 aromatic rings. The van der Waals surface area contributed by atoms with Crippen LogP contribution in [0.3, 0.4) is 0 Å². The van der Waals surface area contributed by atoms with E-state index in [1.807, 2.05) is 13.8 Å². The molecule has 1 fully saturated rings. The van der Waals surface area contributed by atoms with Gasteiger partial charge in [-0.2, -0.15) is 5.10 Å². The molecule has 0 radical (unpaired) electrons. The van der Waals surface area contributed by atoms with E-state index in [1.165, 1.54) is 0 Å². The average Bonchev–Trinajstić information content (AvgIpc) is 2.65. The van der Waals surface area contributed by atoms with Gasteiger partial charge in [-0.3, -0.25) is 14.8 Å². The van der Waals surface area contributed by atoms with Crippen LogP contribution in [0.15, 0.2) is 0 Å². The van der Waals surface area contributed by atoms with E-state index >= 15 is 0 Å². The number of carbonyl (C=O) groups excluding carboxylic acids is 1. The molecule has 6 heteroatoms. The molecule has 6 nitrogen and oxygen atoms in total. The molecule has 2 atom stereocenters. The number of aromatic nitrogens is 2. The number of nitrogens with zero attached hydrogens (tertiary/aromatic N) is 2. The maximum atomic E-state index is 12.1. The van der Waals surface area contributed by atoms with E-state index in [9.17, 15) is 4.79 Å². The molecule has 0 bridgehead atoms. The Bertz CT molecular complexity index is 436. The number of likely N-dealkylation sites (tertiary alicyclic amines) is 1. The summed E-state index contributed by atoms with van der Waals surface area (Å²) in [4.78, 5) is 14.3. The summed E-state index contributed by atoms with van der Waals surface area (Å²) in [7, 11) is 0. The molecule has 0 saturated carbocycles. The highest BCUT2D eigenvalue weighted by Crippen LogP contribution is 2.18. The van der Waals surface area contributed by atoms with Crippen molar-refractivity contribution in [3.8, 4) is 0 Å². The number of anilines is 1. The summed E-state index contributed by atoms with van der Waals surface area (Å²) in [6.45, 7) is 7.21. The fourth-order valence-electron chi connectivity index (χ4n) is 2.59. The van der Waals surface area contributed by atoms with Crippen LogP contribution in [0.5, 0.6) is 0 Å². The zero-order valence-corrected chi connectivity index (χ0v) is 11.9. The molecule has 106 valence electrons. The Morgan fingerprint density at radius 2 is 2.32 bits per heavy atom. The zero-order valence-electron chi connectivity index (χ0n) is 11.9. The van der Waals surface area contributed by atoms with Crippen molar-refractivity contribution in [3.63, 3.8) is 0 Å². The number of rotatable bonds is 3. The molecule has 19 heavy (non-hydrogen) atoms. The largest absolute Gasteiger partial charge is 0.328 e. The molecule has 1 saturated heterocycles. The molecule has 1 aliphatic rings. The van der Waals surface area contributed by atoms with E-state index in [1.54, 1.807) is 0 Å². The first kappa shape index (κ1) is 14.0. The van der Waals surface area contributed by atoms with Crippen LogP contribution >= 0.6 is 0 Å². The Kier molecular flexibility index (Phi) is 4.21. The maximum Gasteiger partial charge on any atom is 0.238 e. The van der Waals surface area contributed by atoms with E-state index in [4.69, 9.17) is 5.73 Å². The molecule has 0 aliphatic carbocycles. The van der Waals surface area contributed by atoms with Crippen molar-refractivity contribution in [2.45, 2.75) is 45.7 Å². The first-order chi connectivity index (χ1) is 8.97. The van der Waals surface area contributed by atoms with Gasteiger partial charge in [0.2, 0.25) is 5.91 Å². The second-order valence-corrected chi connectivity index (χ2v) is 5.46. The molecule has 0 spiro atoms. The van der Waals surface area contributed by atoms with Crippen LogP contribution in [-0.2, 0) is 4.79 Å². The normalized spacial score (nSPS) is 24.4. The summed E-state index contributed by atoms with van der Waals surface area (Å²) >= 11 is 0. The van der Waals surface area contributed by atoms with Gasteiger partial charge in [-0.1, -0.05) is 0 Å². The van der Waals surface area contributed by atoms with Crippen molar-refractivity contribution in [1.82, 2.24) is 15.1 Å². The first-order valence-corrected chi connectivity index (χ1v) is 6.78. The molecular weight excluding hydrogens is 242 g/mol. The number of amides is 1. The maximum absolute atomic E-state index is 12.1. The van der Waals surface area contributed by atoms with E-state index < -0.39 is 0 Å². The van der Waals surface area contributed by atoms with E-state index in [0.29, 0.717) is 12.6 Å². The Balaban J connectivity index is 1.91. The SMILES string of the molecule is Cc1n[nH]c(C)c1NC(=O)CN1CCC(N)CC1C. The number of piperidine rings is 1. The number of H-pyrrole nitrogens is 1. The predicted octanol–water partition coefficient (Wildman–Crippen LogP) is 0.777. The van der Waals surface area contributed by atoms with Crippen LogP contribution in [0, 0.1) is 13.8 Å². The van der Waals surface area contributed by atoms with Gasteiger partial charge in [0.15, 0.2) is 0 Å². The first-order valence-electron chi connectivity index (χ1n) is 6.78. The number of nitrogens with one attached hydrogen (secondary N) is 2. The Labute approximate surface area is 113 Å². The number of hydrogen-bond acceptors (Lipinski definition) is 4. The second kappa shape index (κ2) is 5.71. The second-order valence-electron chi connectivity index (χ2n) is 5.46. The highest BCUT2D eigenvalue weighted by molar-refractivity contribution is 5.93. The van der Waals surface area contributed by atoms with Gasteiger partial charge in [0.05, 0.1) is 23.6 Å². The van der Waals surface area contributed by atoms with Crippen LogP contribution < -0.4 is 11.1 Å². The highest BCUT2D eigenvalue weighted by atomic mass is 16.2. The lowest BCUT2D eigenvalue weighted by atomic mass is 9.99. The van der Waals surface area contributed by atoms with Gasteiger partial charge in [-0.25, -0.2) is 0 Å². The number of nitrogens with two attached hydrogens (primary N) is 1. The van der Waals surface area contributed by atoms with Crippen molar-refractivity contribution >= 4 is 11.6 Å². The van der Waals surface area contributed by atoms with Crippen LogP contribution in [0.4, 0.5) is 5.69 Å². The van der Waals surface area contributed by atoms with Gasteiger partial charge in [0.1, 0.15) is 0 Å². The fraction of sp³-hybridized carbons (Fsp3) is 0.692. The van der Waals surface area contributed by atoms with Crippen molar-refractivity contribution in [3.05, 3.63) is 11.4 Å². The quantitative estimate of drug-likeness (QED) is 0.753. The minimum Gasteiger partial charge on any atom is -0.328 e. The third-order valence-corrected chi connectivity index (χ3v) is 3.79. The molecule has 1 aromatic heterocycles. The molecule has 1 aliphatic heterocycles. The van der Waals surface area contributed by atoms with Gasteiger partial charge < -0.3 is 11.1 Å². The lowest BCUT2D eigenvalue weighted by molar-refractivity contribution is -0.118. The van der Waals surface area contributed by atoms with E-state index in [0.717, 1.165) is 36.5 Å². The Morgan fingerprint density at radius 3 is 2.89 bits per heavy atom. The monoisotopic (exact) mass is 265 g/mol. The lowest BCUT2D eigenvalue weighted by Crippen LogP contribution is -2.48.